The molecule has 0 aliphatic heterocycles. The first-order chi connectivity index (χ1) is 6.66. The molecule has 72 valence electrons. The number of hydrogen-bond acceptors (Lipinski definition) is 4. The minimum absolute atomic E-state index is 0.553. The molecule has 0 spiro atoms. The second-order valence-corrected chi connectivity index (χ2v) is 3.84. The lowest BCUT2D eigenvalue weighted by atomic mass is 10.2. The van der Waals surface area contributed by atoms with Crippen LogP contribution < -0.4 is 0 Å². The van der Waals surface area contributed by atoms with Crippen LogP contribution in [0.4, 0.5) is 0 Å². The lowest BCUT2D eigenvalue weighted by molar-refractivity contribution is 0.630. The highest BCUT2D eigenvalue weighted by Crippen LogP contribution is 2.19. The van der Waals surface area contributed by atoms with Crippen LogP contribution in [0.1, 0.15) is 5.56 Å². The first kappa shape index (κ1) is 9.26. The van der Waals surface area contributed by atoms with Gasteiger partial charge in [0.1, 0.15) is 5.69 Å². The summed E-state index contributed by atoms with van der Waals surface area (Å²) in [6.07, 6.45) is 1.72. The zero-order valence-electron chi connectivity index (χ0n) is 7.77. The minimum Gasteiger partial charge on any atom is -0.251 e. The third kappa shape index (κ3) is 1.65. The van der Waals surface area contributed by atoms with Gasteiger partial charge in [-0.3, -0.25) is 4.98 Å². The number of hydrogen-bond donors (Lipinski definition) is 0. The van der Waals surface area contributed by atoms with E-state index in [1.807, 2.05) is 13.0 Å². The maximum absolute atomic E-state index is 4.24. The van der Waals surface area contributed by atoms with Crippen molar-refractivity contribution in [2.24, 2.45) is 7.05 Å². The molecule has 0 unspecified atom stereocenters. The summed E-state index contributed by atoms with van der Waals surface area (Å²) in [5, 5.41) is 11.7. The first-order valence-electron chi connectivity index (χ1n) is 4.03. The maximum Gasteiger partial charge on any atom is 0.223 e. The van der Waals surface area contributed by atoms with Gasteiger partial charge in [-0.1, -0.05) is 0 Å². The topological polar surface area (TPSA) is 56.5 Å². The van der Waals surface area contributed by atoms with E-state index in [1.165, 1.54) is 4.80 Å². The number of aryl methyl sites for hydroxylation is 2. The van der Waals surface area contributed by atoms with E-state index in [0.29, 0.717) is 5.82 Å². The summed E-state index contributed by atoms with van der Waals surface area (Å²) >= 11 is 3.35. The van der Waals surface area contributed by atoms with Crippen molar-refractivity contribution in [1.82, 2.24) is 25.2 Å². The average Bonchev–Trinajstić information content (AvgIpc) is 2.51. The second-order valence-electron chi connectivity index (χ2n) is 2.92. The van der Waals surface area contributed by atoms with Crippen LogP contribution >= 0.6 is 15.9 Å². The summed E-state index contributed by atoms with van der Waals surface area (Å²) in [5.41, 5.74) is 1.79. The Morgan fingerprint density at radius 1 is 1.43 bits per heavy atom. The predicted molar refractivity (Wildman–Crippen MR) is 54.5 cm³/mol. The zero-order valence-corrected chi connectivity index (χ0v) is 9.35. The van der Waals surface area contributed by atoms with E-state index in [0.717, 1.165) is 15.7 Å². The van der Waals surface area contributed by atoms with Crippen molar-refractivity contribution in [2.45, 2.75) is 6.92 Å². The monoisotopic (exact) mass is 253 g/mol. The van der Waals surface area contributed by atoms with Gasteiger partial charge in [0.25, 0.3) is 0 Å². The van der Waals surface area contributed by atoms with E-state index >= 15 is 0 Å². The van der Waals surface area contributed by atoms with E-state index in [1.54, 1.807) is 13.2 Å². The number of aromatic nitrogens is 5. The molecule has 0 bridgehead atoms. The number of halogens is 1. The van der Waals surface area contributed by atoms with Crippen LogP contribution in [0.15, 0.2) is 16.7 Å². The standard InChI is InChI=1S/C8H8BrN5/c1-5-3-6(9)4-10-7(5)8-11-13-14(2)12-8/h3-4H,1-2H3. The fraction of sp³-hybridized carbons (Fsp3) is 0.250. The third-order valence-electron chi connectivity index (χ3n) is 1.77. The maximum atomic E-state index is 4.24. The highest BCUT2D eigenvalue weighted by atomic mass is 79.9. The number of rotatable bonds is 1. The molecule has 0 aliphatic carbocycles. The highest BCUT2D eigenvalue weighted by Gasteiger charge is 2.08. The normalized spacial score (nSPS) is 10.5. The molecule has 2 aromatic rings. The minimum atomic E-state index is 0.553. The van der Waals surface area contributed by atoms with Gasteiger partial charge in [0.2, 0.25) is 5.82 Å². The number of tetrazole rings is 1. The van der Waals surface area contributed by atoms with E-state index in [2.05, 4.69) is 36.3 Å². The van der Waals surface area contributed by atoms with Gasteiger partial charge in [-0.25, -0.2) is 0 Å². The molecule has 2 heterocycles. The van der Waals surface area contributed by atoms with Crippen LogP contribution in [0.3, 0.4) is 0 Å². The summed E-state index contributed by atoms with van der Waals surface area (Å²) in [7, 11) is 1.73. The number of pyridine rings is 1. The van der Waals surface area contributed by atoms with Crippen LogP contribution in [0.2, 0.25) is 0 Å². The summed E-state index contributed by atoms with van der Waals surface area (Å²) < 4.78 is 0.947. The van der Waals surface area contributed by atoms with Crippen molar-refractivity contribution < 1.29 is 0 Å². The fourth-order valence-electron chi connectivity index (χ4n) is 1.15. The van der Waals surface area contributed by atoms with Gasteiger partial charge in [-0.2, -0.15) is 4.80 Å². The Bertz CT molecular complexity index is 465. The Labute approximate surface area is 89.3 Å². The smallest absolute Gasteiger partial charge is 0.223 e. The molecule has 14 heavy (non-hydrogen) atoms. The van der Waals surface area contributed by atoms with Crippen molar-refractivity contribution in [2.75, 3.05) is 0 Å². The number of nitrogens with zero attached hydrogens (tertiary/aromatic N) is 5. The second kappa shape index (κ2) is 3.45. The quantitative estimate of drug-likeness (QED) is 0.770. The molecule has 0 radical (unpaired) electrons. The average molecular weight is 254 g/mol. The van der Waals surface area contributed by atoms with Crippen LogP contribution in [0.5, 0.6) is 0 Å². The van der Waals surface area contributed by atoms with Crippen LogP contribution in [-0.4, -0.2) is 25.2 Å². The van der Waals surface area contributed by atoms with Crippen molar-refractivity contribution in [3.05, 3.63) is 22.3 Å². The molecule has 0 saturated heterocycles. The summed E-state index contributed by atoms with van der Waals surface area (Å²) in [6.45, 7) is 1.96. The highest BCUT2D eigenvalue weighted by molar-refractivity contribution is 9.10. The molecule has 2 aromatic heterocycles. The Morgan fingerprint density at radius 3 is 2.79 bits per heavy atom. The molecule has 0 fully saturated rings. The Hall–Kier alpha value is -1.30. The molecule has 0 saturated carbocycles. The summed E-state index contributed by atoms with van der Waals surface area (Å²) in [4.78, 5) is 5.65. The van der Waals surface area contributed by atoms with Gasteiger partial charge < -0.3 is 0 Å². The Balaban J connectivity index is 2.52. The van der Waals surface area contributed by atoms with Gasteiger partial charge >= 0.3 is 0 Å². The largest absolute Gasteiger partial charge is 0.251 e. The summed E-state index contributed by atoms with van der Waals surface area (Å²) in [5.74, 6) is 0.553. The molecule has 0 N–H and O–H groups in total. The molecule has 2 rings (SSSR count). The van der Waals surface area contributed by atoms with Crippen LogP contribution in [-0.2, 0) is 7.05 Å². The van der Waals surface area contributed by atoms with Gasteiger partial charge in [0, 0.05) is 10.7 Å². The molecule has 0 aliphatic rings. The predicted octanol–water partition coefficient (Wildman–Crippen LogP) is 1.34. The van der Waals surface area contributed by atoms with Crippen molar-refractivity contribution in [3.63, 3.8) is 0 Å². The molecule has 5 nitrogen and oxygen atoms in total. The Morgan fingerprint density at radius 2 is 2.21 bits per heavy atom. The molecule has 0 aromatic carbocycles. The van der Waals surface area contributed by atoms with Crippen molar-refractivity contribution in [1.29, 1.82) is 0 Å². The molecule has 0 amide bonds. The van der Waals surface area contributed by atoms with E-state index in [9.17, 15) is 0 Å². The van der Waals surface area contributed by atoms with E-state index in [-0.39, 0.29) is 0 Å². The third-order valence-corrected chi connectivity index (χ3v) is 2.20. The molecular formula is C8H8BrN5. The van der Waals surface area contributed by atoms with Crippen molar-refractivity contribution in [3.8, 4) is 11.5 Å². The Kier molecular flexibility index (Phi) is 2.28. The van der Waals surface area contributed by atoms with Gasteiger partial charge in [0.15, 0.2) is 0 Å². The van der Waals surface area contributed by atoms with Gasteiger partial charge in [0.05, 0.1) is 7.05 Å². The summed E-state index contributed by atoms with van der Waals surface area (Å²) in [6, 6.07) is 1.97. The van der Waals surface area contributed by atoms with E-state index < -0.39 is 0 Å². The molecular weight excluding hydrogens is 246 g/mol. The fourth-order valence-corrected chi connectivity index (χ4v) is 1.60. The van der Waals surface area contributed by atoms with Crippen molar-refractivity contribution >= 4 is 15.9 Å². The van der Waals surface area contributed by atoms with Crippen LogP contribution in [0.25, 0.3) is 11.5 Å². The molecule has 0 atom stereocenters. The zero-order chi connectivity index (χ0) is 10.1. The lowest BCUT2D eigenvalue weighted by Crippen LogP contribution is -1.93. The van der Waals surface area contributed by atoms with Gasteiger partial charge in [-0.05, 0) is 39.7 Å². The van der Waals surface area contributed by atoms with Gasteiger partial charge in [-0.15, -0.1) is 10.2 Å². The lowest BCUT2D eigenvalue weighted by Gasteiger charge is -1.99. The first-order valence-corrected chi connectivity index (χ1v) is 4.82. The molecule has 6 heteroatoms. The van der Waals surface area contributed by atoms with Crippen LogP contribution in [0, 0.1) is 6.92 Å². The van der Waals surface area contributed by atoms with E-state index in [4.69, 9.17) is 0 Å². The SMILES string of the molecule is Cc1cc(Br)cnc1-c1nnn(C)n1.